The van der Waals surface area contributed by atoms with Gasteiger partial charge >= 0.3 is 81.5 Å². The Balaban J connectivity index is 3.21. The van der Waals surface area contributed by atoms with Crippen LogP contribution >= 0.6 is 11.6 Å². The second-order valence-corrected chi connectivity index (χ2v) is 4.37. The molecule has 64 valence electrons. The van der Waals surface area contributed by atoms with E-state index in [2.05, 4.69) is 0 Å². The van der Waals surface area contributed by atoms with Crippen LogP contribution in [-0.4, -0.2) is 26.0 Å². The van der Waals surface area contributed by atoms with Gasteiger partial charge in [0.25, 0.3) is 0 Å². The van der Waals surface area contributed by atoms with E-state index in [9.17, 15) is 4.79 Å². The summed E-state index contributed by atoms with van der Waals surface area (Å²) in [6, 6.07) is 4.98. The van der Waals surface area contributed by atoms with Gasteiger partial charge in [-0.05, 0) is 0 Å². The van der Waals surface area contributed by atoms with Crippen molar-refractivity contribution in [2.24, 2.45) is 0 Å². The van der Waals surface area contributed by atoms with Crippen molar-refractivity contribution < 1.29 is 9.90 Å². The third-order valence-corrected chi connectivity index (χ3v) is 3.30. The van der Waals surface area contributed by atoms with E-state index in [0.29, 0.717) is 10.6 Å². The topological polar surface area (TPSA) is 37.3 Å². The van der Waals surface area contributed by atoms with Crippen LogP contribution in [0.15, 0.2) is 18.2 Å². The summed E-state index contributed by atoms with van der Waals surface area (Å²) in [7, 11) is 0. The van der Waals surface area contributed by atoms with Gasteiger partial charge in [-0.3, -0.25) is 0 Å². The van der Waals surface area contributed by atoms with E-state index < -0.39 is 5.97 Å². The number of halogens is 1. The number of aromatic carboxylic acids is 1. The fraction of sp³-hybridized carbons (Fsp3) is 0.125. The van der Waals surface area contributed by atoms with Crippen molar-refractivity contribution >= 4 is 37.0 Å². The molecule has 1 N–H and O–H groups in total. The van der Waals surface area contributed by atoms with Gasteiger partial charge in [0.05, 0.1) is 0 Å². The van der Waals surface area contributed by atoms with Crippen LogP contribution in [0, 0.1) is 0 Å². The first-order valence-corrected chi connectivity index (χ1v) is 6.16. The molecule has 0 fully saturated rings. The van der Waals surface area contributed by atoms with Crippen molar-refractivity contribution in [3.05, 3.63) is 28.8 Å². The molecule has 0 bridgehead atoms. The Hall–Kier alpha value is -0.501. The summed E-state index contributed by atoms with van der Waals surface area (Å²) in [4.78, 5) is 10.7. The van der Waals surface area contributed by atoms with Crippen molar-refractivity contribution in [3.63, 3.8) is 0 Å². The van der Waals surface area contributed by atoms with Gasteiger partial charge in [-0.1, -0.05) is 0 Å². The molecule has 0 aromatic heterocycles. The second-order valence-electron chi connectivity index (χ2n) is 2.15. The van der Waals surface area contributed by atoms with Crippen LogP contribution in [0.4, 0.5) is 0 Å². The summed E-state index contributed by atoms with van der Waals surface area (Å²) >= 11 is 5.85. The zero-order valence-electron chi connectivity index (χ0n) is 6.37. The summed E-state index contributed by atoms with van der Waals surface area (Å²) < 4.78 is 0.874. The molecule has 0 aliphatic rings. The van der Waals surface area contributed by atoms with Crippen molar-refractivity contribution in [2.45, 2.75) is 5.82 Å². The minimum atomic E-state index is -0.906. The van der Waals surface area contributed by atoms with Crippen molar-refractivity contribution in [1.29, 1.82) is 0 Å². The summed E-state index contributed by atoms with van der Waals surface area (Å²) in [5.41, 5.74) is 0.324. The molecule has 0 aliphatic carbocycles. The number of carbonyl (C=O) groups is 1. The van der Waals surface area contributed by atoms with E-state index in [0.717, 1.165) is 4.46 Å². The number of hydrogen-bond donors (Lipinski definition) is 1. The third kappa shape index (κ3) is 2.01. The van der Waals surface area contributed by atoms with E-state index in [4.69, 9.17) is 16.7 Å². The zero-order chi connectivity index (χ0) is 9.14. The first kappa shape index (κ1) is 9.59. The summed E-state index contributed by atoms with van der Waals surface area (Å²) in [5.74, 6) is 1.07. The SMILES string of the molecule is C[Se]c1ccc(Cl)cc1C(=O)O. The van der Waals surface area contributed by atoms with Crippen LogP contribution in [0.3, 0.4) is 0 Å². The molecule has 0 saturated heterocycles. The van der Waals surface area contributed by atoms with Crippen LogP contribution in [0.1, 0.15) is 10.4 Å². The Morgan fingerprint density at radius 3 is 2.75 bits per heavy atom. The molecule has 1 aromatic carbocycles. The summed E-state index contributed by atoms with van der Waals surface area (Å²) in [6.45, 7) is 0. The molecule has 0 aliphatic heterocycles. The minimum absolute atomic E-state index is 0.193. The Morgan fingerprint density at radius 2 is 2.25 bits per heavy atom. The molecular formula is C8H7ClO2Se. The molecule has 1 rings (SSSR count). The average molecular weight is 250 g/mol. The molecule has 2 nitrogen and oxygen atoms in total. The van der Waals surface area contributed by atoms with Crippen molar-refractivity contribution in [1.82, 2.24) is 0 Å². The number of benzene rings is 1. The first-order valence-electron chi connectivity index (χ1n) is 3.22. The predicted molar refractivity (Wildman–Crippen MR) is 49.7 cm³/mol. The van der Waals surface area contributed by atoms with Crippen LogP contribution in [-0.2, 0) is 0 Å². The van der Waals surface area contributed by atoms with Crippen molar-refractivity contribution in [3.8, 4) is 0 Å². The van der Waals surface area contributed by atoms with Crippen molar-refractivity contribution in [2.75, 3.05) is 0 Å². The number of hydrogen-bond acceptors (Lipinski definition) is 1. The van der Waals surface area contributed by atoms with Gasteiger partial charge in [-0.2, -0.15) is 0 Å². The van der Waals surface area contributed by atoms with Gasteiger partial charge in [0.15, 0.2) is 0 Å². The van der Waals surface area contributed by atoms with Crippen LogP contribution in [0.25, 0.3) is 0 Å². The molecule has 12 heavy (non-hydrogen) atoms. The van der Waals surface area contributed by atoms with E-state index >= 15 is 0 Å². The summed E-state index contributed by atoms with van der Waals surface area (Å²) in [6.07, 6.45) is 0. The van der Waals surface area contributed by atoms with E-state index in [-0.39, 0.29) is 15.0 Å². The molecule has 0 saturated carbocycles. The Morgan fingerprint density at radius 1 is 1.58 bits per heavy atom. The molecule has 0 heterocycles. The molecule has 0 unspecified atom stereocenters. The molecule has 1 aromatic rings. The van der Waals surface area contributed by atoms with Crippen LogP contribution in [0.5, 0.6) is 0 Å². The van der Waals surface area contributed by atoms with E-state index in [1.807, 2.05) is 5.82 Å². The van der Waals surface area contributed by atoms with Gasteiger partial charge in [-0.25, -0.2) is 0 Å². The fourth-order valence-corrected chi connectivity index (χ4v) is 2.22. The molecule has 4 heteroatoms. The van der Waals surface area contributed by atoms with E-state index in [1.54, 1.807) is 12.1 Å². The zero-order valence-corrected chi connectivity index (χ0v) is 8.84. The van der Waals surface area contributed by atoms with E-state index in [1.165, 1.54) is 6.07 Å². The normalized spacial score (nSPS) is 9.83. The third-order valence-electron chi connectivity index (χ3n) is 1.39. The quantitative estimate of drug-likeness (QED) is 0.805. The number of carboxylic acids is 1. The second kappa shape index (κ2) is 3.94. The molecule has 0 amide bonds. The fourth-order valence-electron chi connectivity index (χ4n) is 0.847. The Labute approximate surface area is 81.7 Å². The molecule has 0 spiro atoms. The standard InChI is InChI=1S/C8H7ClO2Se/c1-12-7-3-2-5(9)4-6(7)8(10)11/h2-4H,1H3,(H,10,11). The van der Waals surface area contributed by atoms with Gasteiger partial charge in [0.2, 0.25) is 0 Å². The van der Waals surface area contributed by atoms with Crippen LogP contribution in [0.2, 0.25) is 10.8 Å². The number of rotatable bonds is 2. The summed E-state index contributed by atoms with van der Waals surface area (Å²) in [5, 5.41) is 9.25. The van der Waals surface area contributed by atoms with Crippen LogP contribution < -0.4 is 4.46 Å². The maximum atomic E-state index is 10.7. The van der Waals surface area contributed by atoms with Gasteiger partial charge in [0.1, 0.15) is 0 Å². The van der Waals surface area contributed by atoms with Gasteiger partial charge in [0, 0.05) is 0 Å². The first-order chi connectivity index (χ1) is 5.65. The van der Waals surface area contributed by atoms with Gasteiger partial charge in [-0.15, -0.1) is 0 Å². The van der Waals surface area contributed by atoms with Gasteiger partial charge < -0.3 is 0 Å². The number of carboxylic acid groups (broad SMARTS) is 1. The molecular weight excluding hydrogens is 242 g/mol. The molecule has 0 atom stereocenters. The monoisotopic (exact) mass is 250 g/mol. The maximum absolute atomic E-state index is 10.7. The molecule has 0 radical (unpaired) electrons. The predicted octanol–water partition coefficient (Wildman–Crippen LogP) is 1.42. The average Bonchev–Trinajstić information content (AvgIpc) is 2.04. The Kier molecular flexibility index (Phi) is 3.15. The Bertz CT molecular complexity index is 312.